The van der Waals surface area contributed by atoms with Crippen molar-refractivity contribution < 1.29 is 66.7 Å². The summed E-state index contributed by atoms with van der Waals surface area (Å²) in [6.07, 6.45) is 1.66. The van der Waals surface area contributed by atoms with Crippen LogP contribution in [-0.4, -0.2) is 189 Å². The van der Waals surface area contributed by atoms with Crippen LogP contribution in [0.1, 0.15) is 73.6 Å². The van der Waals surface area contributed by atoms with Gasteiger partial charge in [0.15, 0.2) is 0 Å². The van der Waals surface area contributed by atoms with Crippen molar-refractivity contribution >= 4 is 86.5 Å². The van der Waals surface area contributed by atoms with Crippen LogP contribution in [0.2, 0.25) is 0 Å². The number of benzene rings is 3. The lowest BCUT2D eigenvalue weighted by Crippen LogP contribution is -2.50. The summed E-state index contributed by atoms with van der Waals surface area (Å²) < 4.78 is 48.6. The Balaban J connectivity index is 0.655. The van der Waals surface area contributed by atoms with Gasteiger partial charge in [-0.1, -0.05) is 51.1 Å². The summed E-state index contributed by atoms with van der Waals surface area (Å²) in [5.41, 5.74) is 6.58. The number of β-amino-alcohol motifs (C(OH)–C–C–N with tert-alkyl or cyclic N) is 1. The number of Topliss-reactive ketones (excluding diaryl/α,β-unsaturated/α-hetero) is 1. The van der Waals surface area contributed by atoms with Crippen LogP contribution in [0.25, 0.3) is 21.5 Å². The quantitative estimate of drug-likeness (QED) is 0.0240. The molecule has 1 saturated heterocycles. The molecule has 8 rings (SSSR count). The third-order valence-electron chi connectivity index (χ3n) is 15.3. The second-order valence-electron chi connectivity index (χ2n) is 22.7. The number of aliphatic hydroxyl groups is 1. The Morgan fingerprint density at radius 2 is 1.54 bits per heavy atom. The Hall–Kier alpha value is -7.98. The van der Waals surface area contributed by atoms with Gasteiger partial charge in [0, 0.05) is 70.8 Å². The maximum atomic E-state index is 14.8. The van der Waals surface area contributed by atoms with Crippen molar-refractivity contribution in [1.82, 2.24) is 40.4 Å². The average Bonchev–Trinajstić information content (AvgIpc) is 2.44. The van der Waals surface area contributed by atoms with E-state index in [1.54, 1.807) is 47.7 Å². The van der Waals surface area contributed by atoms with E-state index in [2.05, 4.69) is 41.2 Å². The number of amides is 5. The lowest BCUT2D eigenvalue weighted by atomic mass is 9.76. The molecule has 0 saturated carbocycles. The number of nitrogens with zero attached hydrogens (tertiary/aromatic N) is 6. The molecule has 478 valence electrons. The number of thiazole rings is 1. The number of hydrogen-bond acceptors (Lipinski definition) is 19. The van der Waals surface area contributed by atoms with E-state index < -0.39 is 35.2 Å². The SMILES string of the molecule is CNC(=O)c1c(F)cccc1Nc1nc(Nc2cc3c(cc2OC)CCN3C(=O)CN(C)C(=O)CCOCCOCCOCCOCCOCCC(=O)C[C@H](C(=O)N2C[C@H](O)C[C@H]2C(=O)NCc2ccc(-c3scnc3C)cc2)C(C)(C)C)nc2[nH]ccc12. The van der Waals surface area contributed by atoms with Crippen LogP contribution < -0.4 is 30.9 Å². The second kappa shape index (κ2) is 32.0. The van der Waals surface area contributed by atoms with Crippen molar-refractivity contribution in [2.75, 3.05) is 122 Å². The molecule has 5 amide bonds. The Bertz CT molecular complexity index is 3410. The Morgan fingerprint density at radius 1 is 0.865 bits per heavy atom. The molecule has 2 aliphatic heterocycles. The second-order valence-corrected chi connectivity index (χ2v) is 23.5. The lowest BCUT2D eigenvalue weighted by molar-refractivity contribution is -0.146. The summed E-state index contributed by atoms with van der Waals surface area (Å²) in [6, 6.07) is 16.6. The first-order valence-corrected chi connectivity index (χ1v) is 30.5. The predicted octanol–water partition coefficient (Wildman–Crippen LogP) is 6.49. The molecule has 3 atom stereocenters. The first-order chi connectivity index (χ1) is 42.8. The molecule has 6 aromatic rings. The van der Waals surface area contributed by atoms with Crippen LogP contribution >= 0.6 is 11.3 Å². The van der Waals surface area contributed by atoms with Gasteiger partial charge in [-0.2, -0.15) is 9.97 Å². The van der Waals surface area contributed by atoms with Gasteiger partial charge >= 0.3 is 0 Å². The summed E-state index contributed by atoms with van der Waals surface area (Å²) in [4.78, 5) is 102. The fourth-order valence-corrected chi connectivity index (χ4v) is 11.2. The van der Waals surface area contributed by atoms with E-state index in [1.165, 1.54) is 36.1 Å². The van der Waals surface area contributed by atoms with E-state index in [0.29, 0.717) is 86.6 Å². The zero-order chi connectivity index (χ0) is 63.6. The molecule has 0 bridgehead atoms. The molecule has 0 unspecified atom stereocenters. The van der Waals surface area contributed by atoms with E-state index >= 15 is 0 Å². The number of likely N-dealkylation sites (N-methyl/N-ethyl adjacent to an activating group) is 1. The highest BCUT2D eigenvalue weighted by Gasteiger charge is 2.44. The first-order valence-electron chi connectivity index (χ1n) is 29.6. The maximum Gasteiger partial charge on any atom is 0.256 e. The van der Waals surface area contributed by atoms with Crippen molar-refractivity contribution in [3.8, 4) is 16.2 Å². The van der Waals surface area contributed by atoms with E-state index in [4.69, 9.17) is 28.4 Å². The average molecular weight is 1250 g/mol. The van der Waals surface area contributed by atoms with E-state index in [1.807, 2.05) is 63.5 Å². The van der Waals surface area contributed by atoms with Crippen LogP contribution in [0.15, 0.2) is 72.4 Å². The third kappa shape index (κ3) is 18.1. The molecule has 0 spiro atoms. The predicted molar refractivity (Wildman–Crippen MR) is 333 cm³/mol. The van der Waals surface area contributed by atoms with Gasteiger partial charge in [-0.15, -0.1) is 11.3 Å². The molecule has 1 fully saturated rings. The minimum atomic E-state index is -0.856. The van der Waals surface area contributed by atoms with Crippen LogP contribution in [-0.2, 0) is 60.6 Å². The zero-order valence-electron chi connectivity index (χ0n) is 51.4. The van der Waals surface area contributed by atoms with Gasteiger partial charge in [0.2, 0.25) is 29.6 Å². The largest absolute Gasteiger partial charge is 0.495 e. The van der Waals surface area contributed by atoms with Crippen LogP contribution in [0.4, 0.5) is 33.2 Å². The number of nitrogens with one attached hydrogen (secondary N) is 5. The van der Waals surface area contributed by atoms with E-state index in [-0.39, 0.29) is 118 Å². The van der Waals surface area contributed by atoms with Crippen molar-refractivity contribution in [2.45, 2.75) is 78.5 Å². The van der Waals surface area contributed by atoms with Crippen molar-refractivity contribution in [3.63, 3.8) is 0 Å². The highest BCUT2D eigenvalue weighted by Crippen LogP contribution is 2.40. The maximum absolute atomic E-state index is 14.8. The fourth-order valence-electron chi connectivity index (χ4n) is 10.4. The normalized spacial score (nSPS) is 15.0. The summed E-state index contributed by atoms with van der Waals surface area (Å²) in [6.45, 7) is 10.9. The molecular formula is C63H80FN11O13S. The number of ketones is 1. The number of fused-ring (bicyclic) bond motifs is 2. The summed E-state index contributed by atoms with van der Waals surface area (Å²) in [5, 5.41) is 22.9. The standard InChI is InChI=1S/C63H80FN11O13S/c1-39-56(89-38-68-39)41-13-11-40(12-14-41)35-67-59(80)51-33-44(77)36-75(51)61(82)46(63(2,3)4)32-43(76)17-21-84-23-25-86-27-29-88-30-28-87-26-24-85-22-18-53(78)73(6)37-54(79)74-20-16-42-31-52(83-7)49(34-50(42)74)70-62-71-57-45(15-19-66-57)58(72-62)69-48-10-8-9-47(64)55(48)60(81)65-5/h8-15,19,31,34,38,44,46,51,77H,16-18,20-30,32-33,35-37H2,1-7H3,(H,65,81)(H,67,80)(H3,66,69,70,71,72)/t44-,46-,51+/m1/s1. The summed E-state index contributed by atoms with van der Waals surface area (Å²) in [5.74, 6) is -2.46. The number of rotatable bonds is 33. The number of methoxy groups -OCH3 is 1. The number of aliphatic hydroxyl groups excluding tert-OH is 1. The zero-order valence-corrected chi connectivity index (χ0v) is 52.2. The monoisotopic (exact) mass is 1250 g/mol. The summed E-state index contributed by atoms with van der Waals surface area (Å²) in [7, 11) is 4.51. The molecule has 3 aromatic heterocycles. The highest BCUT2D eigenvalue weighted by molar-refractivity contribution is 7.13. The van der Waals surface area contributed by atoms with Crippen molar-refractivity contribution in [3.05, 3.63) is 101 Å². The van der Waals surface area contributed by atoms with Crippen LogP contribution in [0.5, 0.6) is 5.75 Å². The molecule has 0 aliphatic carbocycles. The van der Waals surface area contributed by atoms with Gasteiger partial charge in [-0.25, -0.2) is 9.37 Å². The Labute approximate surface area is 520 Å². The van der Waals surface area contributed by atoms with Gasteiger partial charge < -0.3 is 74.5 Å². The number of aryl methyl sites for hydroxylation is 1. The minimum Gasteiger partial charge on any atom is -0.495 e. The van der Waals surface area contributed by atoms with Gasteiger partial charge in [-0.3, -0.25) is 28.8 Å². The number of H-pyrrole nitrogens is 1. The number of aromatic amines is 1. The third-order valence-corrected chi connectivity index (χ3v) is 16.3. The number of ether oxygens (including phenoxy) is 6. The van der Waals surface area contributed by atoms with Gasteiger partial charge in [0.25, 0.3) is 5.91 Å². The molecule has 24 nitrogen and oxygen atoms in total. The highest BCUT2D eigenvalue weighted by atomic mass is 32.1. The van der Waals surface area contributed by atoms with Crippen LogP contribution in [0.3, 0.4) is 0 Å². The van der Waals surface area contributed by atoms with E-state index in [9.17, 15) is 38.3 Å². The lowest BCUT2D eigenvalue weighted by Gasteiger charge is -2.34. The molecule has 5 heterocycles. The molecular weight excluding hydrogens is 1170 g/mol. The van der Waals surface area contributed by atoms with Crippen LogP contribution in [0, 0.1) is 24.1 Å². The number of anilines is 5. The number of likely N-dealkylation sites (tertiary alicyclic amines) is 1. The van der Waals surface area contributed by atoms with Crippen molar-refractivity contribution in [2.24, 2.45) is 11.3 Å². The first kappa shape index (κ1) is 67.0. The number of aromatic nitrogens is 4. The fraction of sp³-hybridized carbons (Fsp3) is 0.476. The van der Waals surface area contributed by atoms with Crippen molar-refractivity contribution in [1.29, 1.82) is 0 Å². The molecule has 6 N–H and O–H groups in total. The number of halogens is 1. The Kier molecular flexibility index (Phi) is 24.1. The minimum absolute atomic E-state index is 0.0147. The van der Waals surface area contributed by atoms with Gasteiger partial charge in [-0.05, 0) is 65.8 Å². The summed E-state index contributed by atoms with van der Waals surface area (Å²) >= 11 is 1.57. The van der Waals surface area contributed by atoms with Gasteiger partial charge in [0.05, 0.1) is 131 Å². The molecule has 2 aliphatic rings. The smallest absolute Gasteiger partial charge is 0.256 e. The number of carbonyl (C=O) groups excluding carboxylic acids is 6. The van der Waals surface area contributed by atoms with E-state index in [0.717, 1.165) is 27.3 Å². The molecule has 0 radical (unpaired) electrons. The molecule has 26 heteroatoms. The number of hydrogen-bond donors (Lipinski definition) is 6. The molecule has 89 heavy (non-hydrogen) atoms. The Morgan fingerprint density at radius 3 is 2.18 bits per heavy atom. The number of carbonyl (C=O) groups is 6. The molecule has 3 aromatic carbocycles. The van der Waals surface area contributed by atoms with Gasteiger partial charge in [0.1, 0.15) is 34.9 Å². The topological polar surface area (TPSA) is 290 Å².